The van der Waals surface area contributed by atoms with E-state index in [0.717, 1.165) is 26.1 Å². The molecule has 0 aliphatic rings. The Morgan fingerprint density at radius 3 is 2.56 bits per heavy atom. The summed E-state index contributed by atoms with van der Waals surface area (Å²) in [6.45, 7) is 11.8. The quantitative estimate of drug-likeness (QED) is 0.345. The van der Waals surface area contributed by atoms with Gasteiger partial charge in [0.05, 0.1) is 12.1 Å². The smallest absolute Gasteiger partial charge is 0.330 e. The Hall–Kier alpha value is -3.33. The summed E-state index contributed by atoms with van der Waals surface area (Å²) < 4.78 is 23.9. The van der Waals surface area contributed by atoms with Gasteiger partial charge in [-0.15, -0.1) is 10.2 Å². The molecule has 3 aromatic heterocycles. The summed E-state index contributed by atoms with van der Waals surface area (Å²) in [5.41, 5.74) is 2.34. The number of aryl methyl sites for hydroxylation is 1. The van der Waals surface area contributed by atoms with E-state index in [-0.39, 0.29) is 11.7 Å². The highest BCUT2D eigenvalue weighted by molar-refractivity contribution is 6.02. The molecule has 8 nitrogen and oxygen atoms in total. The van der Waals surface area contributed by atoms with Crippen LogP contribution in [0.25, 0.3) is 33.2 Å². The highest BCUT2D eigenvalue weighted by atomic mass is 19.1. The van der Waals surface area contributed by atoms with E-state index in [1.54, 1.807) is 36.0 Å². The highest BCUT2D eigenvalue weighted by Gasteiger charge is 2.20. The van der Waals surface area contributed by atoms with E-state index in [9.17, 15) is 4.79 Å². The van der Waals surface area contributed by atoms with E-state index < -0.39 is 5.82 Å². The fourth-order valence-corrected chi connectivity index (χ4v) is 4.25. The Morgan fingerprint density at radius 1 is 1.15 bits per heavy atom. The number of nitrogens with zero attached hydrogens (tertiary/aromatic N) is 6. The van der Waals surface area contributed by atoms with Crippen LogP contribution < -0.4 is 10.4 Å². The Morgan fingerprint density at radius 2 is 1.91 bits per heavy atom. The van der Waals surface area contributed by atoms with Gasteiger partial charge in [-0.3, -0.25) is 9.13 Å². The number of imidazole rings is 1. The minimum Gasteiger partial charge on any atom is -0.478 e. The van der Waals surface area contributed by atoms with Crippen LogP contribution in [-0.4, -0.2) is 55.5 Å². The van der Waals surface area contributed by atoms with E-state index in [0.29, 0.717) is 45.7 Å². The summed E-state index contributed by atoms with van der Waals surface area (Å²) in [4.78, 5) is 19.5. The molecule has 0 unspecified atom stereocenters. The van der Waals surface area contributed by atoms with Gasteiger partial charge in [0.25, 0.3) is 0 Å². The first-order valence-corrected chi connectivity index (χ1v) is 11.7. The van der Waals surface area contributed by atoms with Gasteiger partial charge in [-0.2, -0.15) is 0 Å². The first-order chi connectivity index (χ1) is 16.3. The van der Waals surface area contributed by atoms with Gasteiger partial charge < -0.3 is 9.64 Å². The summed E-state index contributed by atoms with van der Waals surface area (Å²) in [6.07, 6.45) is 2.52. The first-order valence-electron chi connectivity index (χ1n) is 11.7. The van der Waals surface area contributed by atoms with Gasteiger partial charge >= 0.3 is 5.69 Å². The third-order valence-electron chi connectivity index (χ3n) is 6.18. The van der Waals surface area contributed by atoms with Crippen molar-refractivity contribution in [3.8, 4) is 17.0 Å². The topological polar surface area (TPSA) is 78.1 Å². The number of hydrogen-bond donors (Lipinski definition) is 0. The fourth-order valence-electron chi connectivity index (χ4n) is 4.25. The van der Waals surface area contributed by atoms with Crippen LogP contribution >= 0.6 is 0 Å². The van der Waals surface area contributed by atoms with Crippen LogP contribution in [0.1, 0.15) is 40.2 Å². The highest BCUT2D eigenvalue weighted by Crippen LogP contribution is 2.31. The van der Waals surface area contributed by atoms with E-state index in [1.165, 1.54) is 10.6 Å². The monoisotopic (exact) mass is 466 g/mol. The molecule has 9 heteroatoms. The maximum atomic E-state index is 15.0. The molecular formula is C25H31FN6O2. The zero-order chi connectivity index (χ0) is 24.4. The average Bonchev–Trinajstić information content (AvgIpc) is 3.09. The Kier molecular flexibility index (Phi) is 6.92. The van der Waals surface area contributed by atoms with Crippen LogP contribution in [-0.2, 0) is 7.05 Å². The van der Waals surface area contributed by atoms with Crippen LogP contribution in [0, 0.1) is 5.82 Å². The first kappa shape index (κ1) is 23.8. The van der Waals surface area contributed by atoms with Crippen LogP contribution in [0.4, 0.5) is 4.39 Å². The molecule has 4 rings (SSSR count). The molecule has 0 radical (unpaired) electrons. The average molecular weight is 467 g/mol. The van der Waals surface area contributed by atoms with Gasteiger partial charge in [-0.05, 0) is 45.5 Å². The Bertz CT molecular complexity index is 1360. The lowest BCUT2D eigenvalue weighted by Gasteiger charge is -2.17. The van der Waals surface area contributed by atoms with Gasteiger partial charge in [0.15, 0.2) is 5.65 Å². The number of fused-ring (bicyclic) bond motifs is 3. The molecule has 34 heavy (non-hydrogen) atoms. The van der Waals surface area contributed by atoms with Gasteiger partial charge in [-0.25, -0.2) is 14.2 Å². The summed E-state index contributed by atoms with van der Waals surface area (Å²) in [6, 6.07) is 6.54. The van der Waals surface area contributed by atoms with Gasteiger partial charge in [-0.1, -0.05) is 13.8 Å². The molecule has 0 aliphatic carbocycles. The lowest BCUT2D eigenvalue weighted by Crippen LogP contribution is -2.25. The van der Waals surface area contributed by atoms with E-state index in [4.69, 9.17) is 4.74 Å². The predicted molar refractivity (Wildman–Crippen MR) is 132 cm³/mol. The molecule has 4 aromatic rings. The molecule has 0 atom stereocenters. The fraction of sp³-hybridized carbons (Fsp3) is 0.440. The molecule has 0 aliphatic heterocycles. The zero-order valence-corrected chi connectivity index (χ0v) is 20.4. The van der Waals surface area contributed by atoms with E-state index in [1.807, 2.05) is 13.8 Å². The second-order valence-electron chi connectivity index (χ2n) is 8.64. The van der Waals surface area contributed by atoms with Crippen molar-refractivity contribution < 1.29 is 9.13 Å². The molecule has 0 bridgehead atoms. The molecule has 0 N–H and O–H groups in total. The second-order valence-corrected chi connectivity index (χ2v) is 8.64. The van der Waals surface area contributed by atoms with Crippen molar-refractivity contribution >= 4 is 22.1 Å². The Labute approximate surface area is 198 Å². The number of benzene rings is 1. The van der Waals surface area contributed by atoms with Crippen LogP contribution in [0.3, 0.4) is 0 Å². The van der Waals surface area contributed by atoms with Crippen molar-refractivity contribution in [3.63, 3.8) is 0 Å². The van der Waals surface area contributed by atoms with E-state index in [2.05, 4.69) is 33.9 Å². The number of aromatic nitrogens is 5. The maximum absolute atomic E-state index is 15.0. The molecule has 180 valence electrons. The second kappa shape index (κ2) is 9.89. The molecule has 0 spiro atoms. The number of pyridine rings is 1. The predicted octanol–water partition coefficient (Wildman–Crippen LogP) is 4.18. The van der Waals surface area contributed by atoms with Crippen molar-refractivity contribution in [2.75, 3.05) is 26.2 Å². The SMILES string of the molecule is CCN(CC)CCCOc1ccc(-c2cc3c(cc2F)nnc2c3n(C(C)C)c(=O)n2C)cn1. The minimum absolute atomic E-state index is 0.0862. The molecule has 1 aromatic carbocycles. The molecule has 3 heterocycles. The third kappa shape index (κ3) is 4.40. The van der Waals surface area contributed by atoms with Crippen molar-refractivity contribution in [1.82, 2.24) is 29.2 Å². The number of rotatable bonds is 9. The summed E-state index contributed by atoms with van der Waals surface area (Å²) in [5.74, 6) is 0.0830. The molecule has 0 fully saturated rings. The third-order valence-corrected chi connectivity index (χ3v) is 6.18. The van der Waals surface area contributed by atoms with Crippen LogP contribution in [0.5, 0.6) is 5.88 Å². The van der Waals surface area contributed by atoms with E-state index >= 15 is 4.39 Å². The molecule has 0 saturated heterocycles. The molecule has 0 amide bonds. The van der Waals surface area contributed by atoms with Gasteiger partial charge in [0.1, 0.15) is 11.3 Å². The molecular weight excluding hydrogens is 435 g/mol. The minimum atomic E-state index is -0.426. The lowest BCUT2D eigenvalue weighted by molar-refractivity contribution is 0.244. The van der Waals surface area contributed by atoms with Crippen molar-refractivity contribution in [2.24, 2.45) is 7.05 Å². The molecule has 0 saturated carbocycles. The lowest BCUT2D eigenvalue weighted by atomic mass is 10.0. The summed E-state index contributed by atoms with van der Waals surface area (Å²) in [7, 11) is 1.67. The van der Waals surface area contributed by atoms with Gasteiger partial charge in [0.2, 0.25) is 5.88 Å². The van der Waals surface area contributed by atoms with Crippen LogP contribution in [0.2, 0.25) is 0 Å². The van der Waals surface area contributed by atoms with Gasteiger partial charge in [0, 0.05) is 54.5 Å². The van der Waals surface area contributed by atoms with Crippen molar-refractivity contribution in [2.45, 2.75) is 40.2 Å². The number of hydrogen-bond acceptors (Lipinski definition) is 6. The number of ether oxygens (including phenoxy) is 1. The maximum Gasteiger partial charge on any atom is 0.330 e. The van der Waals surface area contributed by atoms with Crippen LogP contribution in [0.15, 0.2) is 35.3 Å². The Balaban J connectivity index is 1.65. The standard InChI is InChI=1S/C25H31FN6O2/c1-6-31(7-2)11-8-12-34-22-10-9-17(15-27-22)18-13-19-21(14-20(18)26)28-29-24-23(19)32(16(3)4)25(33)30(24)5/h9-10,13-16H,6-8,11-12H2,1-5H3. The summed E-state index contributed by atoms with van der Waals surface area (Å²) >= 11 is 0. The zero-order valence-electron chi connectivity index (χ0n) is 20.4. The van der Waals surface area contributed by atoms with Crippen molar-refractivity contribution in [1.29, 1.82) is 0 Å². The normalized spacial score (nSPS) is 11.9. The number of halogens is 1. The van der Waals surface area contributed by atoms with Crippen molar-refractivity contribution in [3.05, 3.63) is 46.8 Å². The summed E-state index contributed by atoms with van der Waals surface area (Å²) in [5, 5.41) is 9.01. The largest absolute Gasteiger partial charge is 0.478 e.